The lowest BCUT2D eigenvalue weighted by Crippen LogP contribution is -2.25. The van der Waals surface area contributed by atoms with Crippen LogP contribution in [0, 0.1) is 5.41 Å². The van der Waals surface area contributed by atoms with Crippen LogP contribution in [0.15, 0.2) is 22.7 Å². The number of benzene rings is 1. The third kappa shape index (κ3) is 2.63. The molecule has 92 valence electrons. The molecule has 1 heterocycles. The van der Waals surface area contributed by atoms with Gasteiger partial charge in [-0.05, 0) is 39.0 Å². The van der Waals surface area contributed by atoms with E-state index in [0.717, 1.165) is 15.7 Å². The van der Waals surface area contributed by atoms with E-state index < -0.39 is 5.41 Å². The van der Waals surface area contributed by atoms with Gasteiger partial charge in [0, 0.05) is 15.7 Å². The highest BCUT2D eigenvalue weighted by Gasteiger charge is 2.30. The van der Waals surface area contributed by atoms with Crippen molar-refractivity contribution in [2.45, 2.75) is 26.9 Å². The number of hydrogen-bond donors (Lipinski definition) is 1. The second-order valence-electron chi connectivity index (χ2n) is 5.26. The molecule has 17 heavy (non-hydrogen) atoms. The molecule has 0 aromatic heterocycles. The lowest BCUT2D eigenvalue weighted by atomic mass is 9.97. The molecule has 0 fully saturated rings. The Morgan fingerprint density at radius 3 is 2.82 bits per heavy atom. The predicted molar refractivity (Wildman–Crippen MR) is 70.9 cm³/mol. The zero-order chi connectivity index (χ0) is 12.6. The summed E-state index contributed by atoms with van der Waals surface area (Å²) in [4.78, 5) is 11.9. The highest BCUT2D eigenvalue weighted by atomic mass is 79.9. The summed E-state index contributed by atoms with van der Waals surface area (Å²) in [6, 6.07) is 5.96. The van der Waals surface area contributed by atoms with Crippen molar-refractivity contribution in [1.29, 1.82) is 0 Å². The molecule has 1 aliphatic rings. The number of carbonyl (C=O) groups is 1. The summed E-state index contributed by atoms with van der Waals surface area (Å²) >= 11 is 3.43. The Morgan fingerprint density at radius 1 is 1.47 bits per heavy atom. The van der Waals surface area contributed by atoms with Crippen LogP contribution >= 0.6 is 15.9 Å². The molecule has 0 amide bonds. The van der Waals surface area contributed by atoms with E-state index in [1.165, 1.54) is 0 Å². The summed E-state index contributed by atoms with van der Waals surface area (Å²) < 4.78 is 6.53. The quantitative estimate of drug-likeness (QED) is 0.806. The van der Waals surface area contributed by atoms with E-state index in [0.29, 0.717) is 6.54 Å². The average molecular weight is 298 g/mol. The lowest BCUT2D eigenvalue weighted by Gasteiger charge is -2.20. The number of fused-ring (bicyclic) bond motifs is 1. The van der Waals surface area contributed by atoms with E-state index >= 15 is 0 Å². The van der Waals surface area contributed by atoms with Gasteiger partial charge in [-0.3, -0.25) is 4.79 Å². The second kappa shape index (κ2) is 4.33. The Morgan fingerprint density at radius 2 is 2.18 bits per heavy atom. The number of anilines is 1. The maximum Gasteiger partial charge on any atom is 0.311 e. The molecule has 3 nitrogen and oxygen atoms in total. The van der Waals surface area contributed by atoms with Gasteiger partial charge in [0.25, 0.3) is 0 Å². The molecule has 0 aliphatic carbocycles. The number of hydrogen-bond acceptors (Lipinski definition) is 3. The van der Waals surface area contributed by atoms with E-state index in [-0.39, 0.29) is 12.1 Å². The molecule has 0 bridgehead atoms. The van der Waals surface area contributed by atoms with Crippen molar-refractivity contribution in [3.63, 3.8) is 0 Å². The van der Waals surface area contributed by atoms with E-state index in [2.05, 4.69) is 21.2 Å². The van der Waals surface area contributed by atoms with Crippen LogP contribution in [0.5, 0.6) is 0 Å². The fourth-order valence-corrected chi connectivity index (χ4v) is 2.06. The number of nitrogens with one attached hydrogen (secondary N) is 1. The topological polar surface area (TPSA) is 38.3 Å². The molecular formula is C13H16BrNO2. The van der Waals surface area contributed by atoms with E-state index in [9.17, 15) is 4.79 Å². The molecule has 0 saturated carbocycles. The Kier molecular flexibility index (Phi) is 3.17. The van der Waals surface area contributed by atoms with Gasteiger partial charge < -0.3 is 10.1 Å². The third-order valence-corrected chi connectivity index (χ3v) is 3.19. The van der Waals surface area contributed by atoms with Crippen LogP contribution in [0.4, 0.5) is 5.69 Å². The minimum absolute atomic E-state index is 0.169. The summed E-state index contributed by atoms with van der Waals surface area (Å²) in [5.41, 5.74) is 1.62. The SMILES string of the molecule is CC(C)(C)C(=O)OC1CNc2ccc(Br)cc21. The molecule has 1 aliphatic heterocycles. The smallest absolute Gasteiger partial charge is 0.311 e. The van der Waals surface area contributed by atoms with Gasteiger partial charge in [0.1, 0.15) is 6.10 Å². The average Bonchev–Trinajstić information content (AvgIpc) is 2.60. The van der Waals surface area contributed by atoms with Crippen LogP contribution in [0.1, 0.15) is 32.4 Å². The number of esters is 1. The highest BCUT2D eigenvalue weighted by Crippen LogP contribution is 2.35. The van der Waals surface area contributed by atoms with Crippen LogP contribution in [0.3, 0.4) is 0 Å². The van der Waals surface area contributed by atoms with Crippen LogP contribution in [0.2, 0.25) is 0 Å². The number of rotatable bonds is 1. The molecule has 0 saturated heterocycles. The van der Waals surface area contributed by atoms with Crippen molar-refractivity contribution >= 4 is 27.6 Å². The largest absolute Gasteiger partial charge is 0.455 e. The summed E-state index contributed by atoms with van der Waals surface area (Å²) in [6.07, 6.45) is -0.186. The fourth-order valence-electron chi connectivity index (χ4n) is 1.68. The second-order valence-corrected chi connectivity index (χ2v) is 6.17. The summed E-state index contributed by atoms with van der Waals surface area (Å²) in [7, 11) is 0. The minimum atomic E-state index is -0.464. The Labute approximate surface area is 110 Å². The highest BCUT2D eigenvalue weighted by molar-refractivity contribution is 9.10. The molecule has 1 aromatic rings. The predicted octanol–water partition coefficient (Wildman–Crippen LogP) is 3.51. The van der Waals surface area contributed by atoms with Crippen molar-refractivity contribution in [1.82, 2.24) is 0 Å². The van der Waals surface area contributed by atoms with Crippen molar-refractivity contribution in [2.24, 2.45) is 5.41 Å². The maximum atomic E-state index is 11.9. The van der Waals surface area contributed by atoms with Crippen molar-refractivity contribution in [3.05, 3.63) is 28.2 Å². The maximum absolute atomic E-state index is 11.9. The first-order chi connectivity index (χ1) is 7.88. The van der Waals surface area contributed by atoms with Crippen molar-refractivity contribution in [2.75, 3.05) is 11.9 Å². The molecule has 1 unspecified atom stereocenters. The Hall–Kier alpha value is -1.03. The molecule has 0 spiro atoms. The monoisotopic (exact) mass is 297 g/mol. The fraction of sp³-hybridized carbons (Fsp3) is 0.462. The van der Waals surface area contributed by atoms with Gasteiger partial charge in [-0.1, -0.05) is 15.9 Å². The molecule has 1 atom stereocenters. The van der Waals surface area contributed by atoms with Gasteiger partial charge >= 0.3 is 5.97 Å². The van der Waals surface area contributed by atoms with Crippen molar-refractivity contribution < 1.29 is 9.53 Å². The van der Waals surface area contributed by atoms with Gasteiger partial charge in [-0.2, -0.15) is 0 Å². The van der Waals surface area contributed by atoms with Gasteiger partial charge in [-0.25, -0.2) is 0 Å². The van der Waals surface area contributed by atoms with Crippen LogP contribution in [0.25, 0.3) is 0 Å². The van der Waals surface area contributed by atoms with Gasteiger partial charge in [0.2, 0.25) is 0 Å². The molecule has 4 heteroatoms. The molecule has 0 radical (unpaired) electrons. The van der Waals surface area contributed by atoms with E-state index in [4.69, 9.17) is 4.74 Å². The van der Waals surface area contributed by atoms with Crippen LogP contribution in [-0.4, -0.2) is 12.5 Å². The van der Waals surface area contributed by atoms with Gasteiger partial charge in [0.15, 0.2) is 0 Å². The molecular weight excluding hydrogens is 282 g/mol. The number of ether oxygens (including phenoxy) is 1. The van der Waals surface area contributed by atoms with Crippen molar-refractivity contribution in [3.8, 4) is 0 Å². The van der Waals surface area contributed by atoms with Crippen LogP contribution < -0.4 is 5.32 Å². The number of carbonyl (C=O) groups excluding carboxylic acids is 1. The first-order valence-corrected chi connectivity index (χ1v) is 6.41. The standard InChI is InChI=1S/C13H16BrNO2/c1-13(2,3)12(16)17-11-7-15-10-5-4-8(14)6-9(10)11/h4-6,11,15H,7H2,1-3H3. The zero-order valence-corrected chi connectivity index (χ0v) is 11.8. The first-order valence-electron chi connectivity index (χ1n) is 5.62. The van der Waals surface area contributed by atoms with Gasteiger partial charge in [-0.15, -0.1) is 0 Å². The van der Waals surface area contributed by atoms with Gasteiger partial charge in [0.05, 0.1) is 12.0 Å². The first kappa shape index (κ1) is 12.4. The molecule has 2 rings (SSSR count). The van der Waals surface area contributed by atoms with E-state index in [1.54, 1.807) is 0 Å². The summed E-state index contributed by atoms with van der Waals surface area (Å²) in [5, 5.41) is 3.24. The Balaban J connectivity index is 2.17. The summed E-state index contributed by atoms with van der Waals surface area (Å²) in [6.45, 7) is 6.23. The molecule has 1 aromatic carbocycles. The minimum Gasteiger partial charge on any atom is -0.455 e. The Bertz CT molecular complexity index is 451. The summed E-state index contributed by atoms with van der Waals surface area (Å²) in [5.74, 6) is -0.169. The zero-order valence-electron chi connectivity index (χ0n) is 10.2. The van der Waals surface area contributed by atoms with E-state index in [1.807, 2.05) is 39.0 Å². The molecule has 1 N–H and O–H groups in total. The van der Waals surface area contributed by atoms with Crippen LogP contribution in [-0.2, 0) is 9.53 Å². The third-order valence-electron chi connectivity index (χ3n) is 2.70. The lowest BCUT2D eigenvalue weighted by molar-refractivity contribution is -0.158. The normalized spacial score (nSPS) is 18.5. The number of halogens is 1.